The van der Waals surface area contributed by atoms with E-state index >= 15 is 0 Å². The molecule has 1 atom stereocenters. The molecule has 3 rings (SSSR count). The third kappa shape index (κ3) is 6.15. The molecule has 0 radical (unpaired) electrons. The molecule has 5 nitrogen and oxygen atoms in total. The van der Waals surface area contributed by atoms with Crippen LogP contribution in [-0.4, -0.2) is 53.5 Å². The molecule has 0 amide bonds. The molecule has 28 heavy (non-hydrogen) atoms. The number of aryl methyl sites for hydroxylation is 1. The number of halogens is 1. The fourth-order valence-corrected chi connectivity index (χ4v) is 4.10. The van der Waals surface area contributed by atoms with Crippen molar-refractivity contribution in [3.63, 3.8) is 0 Å². The number of benzene rings is 1. The number of nitrogens with one attached hydrogen (secondary N) is 1. The summed E-state index contributed by atoms with van der Waals surface area (Å²) in [5, 5.41) is 6.66. The smallest absolute Gasteiger partial charge is 0.194 e. The van der Waals surface area contributed by atoms with Crippen LogP contribution in [0.25, 0.3) is 0 Å². The topological polar surface area (TPSA) is 43.8 Å². The van der Waals surface area contributed by atoms with Crippen LogP contribution < -0.4 is 5.32 Å². The Morgan fingerprint density at radius 1 is 1.36 bits per heavy atom. The van der Waals surface area contributed by atoms with E-state index in [9.17, 15) is 0 Å². The number of aromatic nitrogens is 1. The zero-order valence-corrected chi connectivity index (χ0v) is 20.5. The van der Waals surface area contributed by atoms with Gasteiger partial charge in [0.2, 0.25) is 0 Å². The second-order valence-corrected chi connectivity index (χ2v) is 8.31. The summed E-state index contributed by atoms with van der Waals surface area (Å²) in [5.41, 5.74) is 4.06. The fraction of sp³-hybridized carbons (Fsp3) is 0.524. The van der Waals surface area contributed by atoms with Gasteiger partial charge in [-0.2, -0.15) is 0 Å². The molecular weight excluding hydrogens is 481 g/mol. The van der Waals surface area contributed by atoms with E-state index in [1.165, 1.54) is 11.1 Å². The molecule has 2 heterocycles. The zero-order chi connectivity index (χ0) is 19.2. The number of hydrogen-bond donors (Lipinski definition) is 1. The highest BCUT2D eigenvalue weighted by Crippen LogP contribution is 2.20. The quantitative estimate of drug-likeness (QED) is 0.362. The Hall–Kier alpha value is -1.19. The summed E-state index contributed by atoms with van der Waals surface area (Å²) in [5.74, 6) is 0.951. The summed E-state index contributed by atoms with van der Waals surface area (Å²) in [6.45, 7) is 11.0. The molecule has 1 aliphatic rings. The van der Waals surface area contributed by atoms with Gasteiger partial charge in [-0.3, -0.25) is 9.89 Å². The lowest BCUT2D eigenvalue weighted by Gasteiger charge is -2.33. The third-order valence-electron chi connectivity index (χ3n) is 5.05. The summed E-state index contributed by atoms with van der Waals surface area (Å²) in [7, 11) is 2.08. The molecule has 1 aromatic carbocycles. The van der Waals surface area contributed by atoms with Crippen molar-refractivity contribution in [1.29, 1.82) is 0 Å². The number of thiazole rings is 1. The first kappa shape index (κ1) is 23.1. The highest BCUT2D eigenvalue weighted by molar-refractivity contribution is 14.0. The lowest BCUT2D eigenvalue weighted by molar-refractivity contribution is 0.195. The summed E-state index contributed by atoms with van der Waals surface area (Å²) in [6, 6.07) is 9.22. The molecule has 0 saturated carbocycles. The number of hydrogen-bond acceptors (Lipinski definition) is 4. The predicted octanol–water partition coefficient (Wildman–Crippen LogP) is 3.91. The number of rotatable bonds is 6. The maximum absolute atomic E-state index is 4.91. The van der Waals surface area contributed by atoms with Crippen LogP contribution in [0, 0.1) is 6.92 Å². The Morgan fingerprint density at radius 3 is 2.79 bits per heavy atom. The first-order valence-corrected chi connectivity index (χ1v) is 10.7. The largest absolute Gasteiger partial charge is 0.357 e. The van der Waals surface area contributed by atoms with Crippen molar-refractivity contribution >= 4 is 41.3 Å². The Labute approximate surface area is 190 Å². The molecule has 0 aliphatic carbocycles. The van der Waals surface area contributed by atoms with Crippen molar-refractivity contribution in [2.45, 2.75) is 46.3 Å². The van der Waals surface area contributed by atoms with E-state index in [-0.39, 0.29) is 24.0 Å². The Bertz CT molecular complexity index is 776. The van der Waals surface area contributed by atoms with Gasteiger partial charge >= 0.3 is 0 Å². The molecule has 1 unspecified atom stereocenters. The minimum Gasteiger partial charge on any atom is -0.357 e. The first-order valence-electron chi connectivity index (χ1n) is 9.78. The van der Waals surface area contributed by atoms with Crippen LogP contribution in [0.4, 0.5) is 0 Å². The highest BCUT2D eigenvalue weighted by Gasteiger charge is 2.20. The zero-order valence-electron chi connectivity index (χ0n) is 17.3. The van der Waals surface area contributed by atoms with Crippen molar-refractivity contribution in [2.24, 2.45) is 4.99 Å². The van der Waals surface area contributed by atoms with Gasteiger partial charge in [-0.1, -0.05) is 24.3 Å². The minimum atomic E-state index is 0. The lowest BCUT2D eigenvalue weighted by atomic mass is 9.99. The molecule has 0 spiro atoms. The summed E-state index contributed by atoms with van der Waals surface area (Å²) < 4.78 is 0. The van der Waals surface area contributed by atoms with Crippen LogP contribution in [0.15, 0.2) is 34.6 Å². The molecule has 154 valence electrons. The van der Waals surface area contributed by atoms with Gasteiger partial charge in [-0.25, -0.2) is 4.98 Å². The van der Waals surface area contributed by atoms with Gasteiger partial charge in [-0.15, -0.1) is 35.3 Å². The van der Waals surface area contributed by atoms with Gasteiger partial charge in [0.1, 0.15) is 0 Å². The maximum Gasteiger partial charge on any atom is 0.194 e. The normalized spacial score (nSPS) is 15.5. The van der Waals surface area contributed by atoms with E-state index in [0.29, 0.717) is 6.04 Å². The van der Waals surface area contributed by atoms with Crippen molar-refractivity contribution in [2.75, 3.05) is 26.7 Å². The molecule has 1 N–H and O–H groups in total. The predicted molar refractivity (Wildman–Crippen MR) is 130 cm³/mol. The van der Waals surface area contributed by atoms with Crippen molar-refractivity contribution < 1.29 is 0 Å². The van der Waals surface area contributed by atoms with E-state index in [4.69, 9.17) is 4.99 Å². The van der Waals surface area contributed by atoms with Crippen LogP contribution in [0.3, 0.4) is 0 Å². The summed E-state index contributed by atoms with van der Waals surface area (Å²) >= 11 is 1.70. The molecule has 7 heteroatoms. The van der Waals surface area contributed by atoms with Crippen LogP contribution in [-0.2, 0) is 19.5 Å². The first-order chi connectivity index (χ1) is 13.1. The molecule has 0 bridgehead atoms. The molecule has 2 aromatic rings. The molecular formula is C21H32IN5S. The molecule has 0 saturated heterocycles. The third-order valence-corrected chi connectivity index (χ3v) is 5.87. The summed E-state index contributed by atoms with van der Waals surface area (Å²) in [6.07, 6.45) is 1.13. The van der Waals surface area contributed by atoms with E-state index in [1.54, 1.807) is 11.3 Å². The monoisotopic (exact) mass is 513 g/mol. The minimum absolute atomic E-state index is 0. The number of nitrogens with zero attached hydrogens (tertiary/aromatic N) is 4. The Kier molecular flexibility index (Phi) is 9.17. The maximum atomic E-state index is 4.91. The van der Waals surface area contributed by atoms with Crippen LogP contribution in [0.2, 0.25) is 0 Å². The van der Waals surface area contributed by atoms with Gasteiger partial charge in [-0.05, 0) is 38.3 Å². The van der Waals surface area contributed by atoms with Crippen LogP contribution >= 0.6 is 35.3 Å². The van der Waals surface area contributed by atoms with Gasteiger partial charge in [0.05, 0.1) is 23.8 Å². The van der Waals surface area contributed by atoms with Crippen molar-refractivity contribution in [3.8, 4) is 0 Å². The number of guanidine groups is 1. The van der Waals surface area contributed by atoms with E-state index in [0.717, 1.165) is 55.8 Å². The van der Waals surface area contributed by atoms with E-state index in [2.05, 4.69) is 70.6 Å². The van der Waals surface area contributed by atoms with Crippen molar-refractivity contribution in [1.82, 2.24) is 20.1 Å². The second-order valence-electron chi connectivity index (χ2n) is 7.25. The van der Waals surface area contributed by atoms with E-state index in [1.807, 2.05) is 6.92 Å². The van der Waals surface area contributed by atoms with E-state index < -0.39 is 0 Å². The number of aliphatic imine (C=N–C) groups is 1. The SMILES string of the molecule is CCNC(=NCC(C)N1CCc2ccccc2C1)N(C)Cc1csc(C)n1.I. The lowest BCUT2D eigenvalue weighted by Crippen LogP contribution is -2.42. The van der Waals surface area contributed by atoms with Gasteiger partial charge in [0.15, 0.2) is 5.96 Å². The average molecular weight is 513 g/mol. The Balaban J connectivity index is 0.00000280. The number of fused-ring (bicyclic) bond motifs is 1. The van der Waals surface area contributed by atoms with Crippen molar-refractivity contribution in [3.05, 3.63) is 51.5 Å². The molecule has 1 aromatic heterocycles. The molecule has 1 aliphatic heterocycles. The highest BCUT2D eigenvalue weighted by atomic mass is 127. The van der Waals surface area contributed by atoms with Crippen LogP contribution in [0.1, 0.15) is 35.7 Å². The standard InChI is InChI=1S/C21H31N5S.HI/c1-5-22-21(25(4)14-20-15-27-17(3)24-20)23-12-16(2)26-11-10-18-8-6-7-9-19(18)13-26;/h6-9,15-16H,5,10-14H2,1-4H3,(H,22,23);1H. The van der Waals surface area contributed by atoms with Gasteiger partial charge in [0.25, 0.3) is 0 Å². The fourth-order valence-electron chi connectivity index (χ4n) is 3.50. The van der Waals surface area contributed by atoms with Gasteiger partial charge in [0, 0.05) is 38.1 Å². The van der Waals surface area contributed by atoms with Crippen LogP contribution in [0.5, 0.6) is 0 Å². The average Bonchev–Trinajstić information content (AvgIpc) is 3.09. The summed E-state index contributed by atoms with van der Waals surface area (Å²) in [4.78, 5) is 14.2. The Morgan fingerprint density at radius 2 is 2.11 bits per heavy atom. The molecule has 0 fully saturated rings. The van der Waals surface area contributed by atoms with Gasteiger partial charge < -0.3 is 10.2 Å². The second kappa shape index (κ2) is 11.1.